The summed E-state index contributed by atoms with van der Waals surface area (Å²) in [5.74, 6) is -0.166. The zero-order valence-electron chi connectivity index (χ0n) is 10.6. The smallest absolute Gasteiger partial charge is 0.127 e. The van der Waals surface area contributed by atoms with Gasteiger partial charge < -0.3 is 10.4 Å². The largest absolute Gasteiger partial charge is 0.392 e. The maximum absolute atomic E-state index is 13.5. The maximum atomic E-state index is 13.5. The molecule has 2 N–H and O–H groups in total. The molecule has 2 rings (SSSR count). The average molecular weight is 237 g/mol. The topological polar surface area (TPSA) is 32.3 Å². The maximum Gasteiger partial charge on any atom is 0.127 e. The minimum atomic E-state index is -0.248. The van der Waals surface area contributed by atoms with Crippen molar-refractivity contribution in [2.45, 2.75) is 45.9 Å². The highest BCUT2D eigenvalue weighted by Crippen LogP contribution is 2.40. The number of hydrogen-bond donors (Lipinski definition) is 2. The first-order chi connectivity index (χ1) is 7.91. The van der Waals surface area contributed by atoms with E-state index in [1.54, 1.807) is 6.07 Å². The predicted octanol–water partition coefficient (Wildman–Crippen LogP) is 2.38. The van der Waals surface area contributed by atoms with Gasteiger partial charge in [-0.15, -0.1) is 0 Å². The molecule has 17 heavy (non-hydrogen) atoms. The van der Waals surface area contributed by atoms with E-state index >= 15 is 0 Å². The summed E-state index contributed by atoms with van der Waals surface area (Å²) in [5.41, 5.74) is 1.65. The third kappa shape index (κ3) is 2.35. The highest BCUT2D eigenvalue weighted by Gasteiger charge is 2.46. The first-order valence-corrected chi connectivity index (χ1v) is 6.07. The van der Waals surface area contributed by atoms with Gasteiger partial charge in [-0.25, -0.2) is 4.39 Å². The Morgan fingerprint density at radius 3 is 2.76 bits per heavy atom. The molecule has 1 fully saturated rings. The first kappa shape index (κ1) is 12.5. The van der Waals surface area contributed by atoms with Gasteiger partial charge in [-0.05, 0) is 19.4 Å². The molecular weight excluding hydrogens is 217 g/mol. The van der Waals surface area contributed by atoms with Crippen LogP contribution in [0.4, 0.5) is 4.39 Å². The average Bonchev–Trinajstić information content (AvgIpc) is 2.28. The number of aliphatic hydroxyl groups is 1. The number of nitrogens with one attached hydrogen (secondary N) is 1. The van der Waals surface area contributed by atoms with E-state index in [0.717, 1.165) is 12.0 Å². The fraction of sp³-hybridized carbons (Fsp3) is 0.571. The summed E-state index contributed by atoms with van der Waals surface area (Å²) in [4.78, 5) is 0. The Morgan fingerprint density at radius 2 is 2.18 bits per heavy atom. The predicted molar refractivity (Wildman–Crippen MR) is 66.2 cm³/mol. The van der Waals surface area contributed by atoms with Gasteiger partial charge in [-0.3, -0.25) is 0 Å². The highest BCUT2D eigenvalue weighted by molar-refractivity contribution is 5.24. The zero-order valence-corrected chi connectivity index (χ0v) is 10.6. The van der Waals surface area contributed by atoms with Gasteiger partial charge in [0.1, 0.15) is 5.82 Å². The lowest BCUT2D eigenvalue weighted by Gasteiger charge is -2.49. The van der Waals surface area contributed by atoms with Crippen molar-refractivity contribution in [2.75, 3.05) is 0 Å². The minimum absolute atomic E-state index is 0.111. The van der Waals surface area contributed by atoms with Crippen molar-refractivity contribution in [1.29, 1.82) is 0 Å². The van der Waals surface area contributed by atoms with Gasteiger partial charge in [-0.2, -0.15) is 0 Å². The third-order valence-corrected chi connectivity index (χ3v) is 3.96. The Kier molecular flexibility index (Phi) is 3.23. The standard InChI is InChI=1S/C14H20FNO/c1-9-4-5-11(15)10(6-9)8-16-12-7-13(17)14(12,2)3/h4-6,12-13,16-17H,7-8H2,1-3H3. The SMILES string of the molecule is Cc1ccc(F)c(CNC2CC(O)C2(C)C)c1. The molecule has 2 nitrogen and oxygen atoms in total. The zero-order chi connectivity index (χ0) is 12.6. The number of aliphatic hydroxyl groups excluding tert-OH is 1. The van der Waals surface area contributed by atoms with Crippen LogP contribution in [0.25, 0.3) is 0 Å². The van der Waals surface area contributed by atoms with Crippen LogP contribution in [0, 0.1) is 18.2 Å². The van der Waals surface area contributed by atoms with Crippen molar-refractivity contribution < 1.29 is 9.50 Å². The van der Waals surface area contributed by atoms with Gasteiger partial charge >= 0.3 is 0 Å². The summed E-state index contributed by atoms with van der Waals surface area (Å²) < 4.78 is 13.5. The molecule has 0 bridgehead atoms. The van der Waals surface area contributed by atoms with E-state index in [-0.39, 0.29) is 23.4 Å². The monoisotopic (exact) mass is 237 g/mol. The Labute approximate surface area is 102 Å². The lowest BCUT2D eigenvalue weighted by molar-refractivity contribution is -0.0730. The molecular formula is C14H20FNO. The van der Waals surface area contributed by atoms with E-state index in [1.807, 2.05) is 26.8 Å². The summed E-state index contributed by atoms with van der Waals surface area (Å²) >= 11 is 0. The van der Waals surface area contributed by atoms with Gasteiger partial charge in [-0.1, -0.05) is 31.5 Å². The molecule has 1 aliphatic rings. The molecule has 0 spiro atoms. The van der Waals surface area contributed by atoms with E-state index in [0.29, 0.717) is 12.1 Å². The van der Waals surface area contributed by atoms with Crippen LogP contribution in [0.5, 0.6) is 0 Å². The fourth-order valence-corrected chi connectivity index (χ4v) is 2.32. The molecule has 1 aromatic carbocycles. The third-order valence-electron chi connectivity index (χ3n) is 3.96. The van der Waals surface area contributed by atoms with E-state index in [2.05, 4.69) is 5.32 Å². The second-order valence-corrected chi connectivity index (χ2v) is 5.60. The van der Waals surface area contributed by atoms with Crippen molar-refractivity contribution in [3.8, 4) is 0 Å². The van der Waals surface area contributed by atoms with Crippen LogP contribution in [-0.2, 0) is 6.54 Å². The van der Waals surface area contributed by atoms with Crippen LogP contribution in [-0.4, -0.2) is 17.3 Å². The molecule has 0 heterocycles. The Morgan fingerprint density at radius 1 is 1.47 bits per heavy atom. The summed E-state index contributed by atoms with van der Waals surface area (Å²) in [6.45, 7) is 6.55. The summed E-state index contributed by atoms with van der Waals surface area (Å²) in [6.07, 6.45) is 0.503. The molecule has 3 heteroatoms. The van der Waals surface area contributed by atoms with Crippen molar-refractivity contribution in [3.05, 3.63) is 35.1 Å². The molecule has 0 aromatic heterocycles. The Balaban J connectivity index is 1.97. The normalized spacial score (nSPS) is 26.6. The van der Waals surface area contributed by atoms with Gasteiger partial charge in [0.25, 0.3) is 0 Å². The molecule has 94 valence electrons. The molecule has 0 saturated heterocycles. The van der Waals surface area contributed by atoms with Crippen molar-refractivity contribution in [2.24, 2.45) is 5.41 Å². The van der Waals surface area contributed by atoms with Crippen molar-refractivity contribution in [3.63, 3.8) is 0 Å². The van der Waals surface area contributed by atoms with E-state index in [1.165, 1.54) is 6.07 Å². The van der Waals surface area contributed by atoms with Crippen LogP contribution in [0.2, 0.25) is 0 Å². The second-order valence-electron chi connectivity index (χ2n) is 5.60. The summed E-state index contributed by atoms with van der Waals surface area (Å²) in [5, 5.41) is 13.0. The van der Waals surface area contributed by atoms with Crippen LogP contribution in [0.1, 0.15) is 31.4 Å². The van der Waals surface area contributed by atoms with E-state index in [4.69, 9.17) is 0 Å². The number of halogens is 1. The highest BCUT2D eigenvalue weighted by atomic mass is 19.1. The minimum Gasteiger partial charge on any atom is -0.392 e. The quantitative estimate of drug-likeness (QED) is 0.846. The van der Waals surface area contributed by atoms with Crippen molar-refractivity contribution >= 4 is 0 Å². The van der Waals surface area contributed by atoms with E-state index in [9.17, 15) is 9.50 Å². The molecule has 0 radical (unpaired) electrons. The molecule has 0 amide bonds. The second kappa shape index (κ2) is 4.39. The Hall–Kier alpha value is -0.930. The number of benzene rings is 1. The van der Waals surface area contributed by atoms with Crippen LogP contribution < -0.4 is 5.32 Å². The fourth-order valence-electron chi connectivity index (χ4n) is 2.32. The number of rotatable bonds is 3. The molecule has 0 aliphatic heterocycles. The van der Waals surface area contributed by atoms with Crippen LogP contribution in [0.3, 0.4) is 0 Å². The molecule has 1 aliphatic carbocycles. The van der Waals surface area contributed by atoms with Crippen molar-refractivity contribution in [1.82, 2.24) is 5.32 Å². The number of hydrogen-bond acceptors (Lipinski definition) is 2. The Bertz CT molecular complexity index is 417. The molecule has 2 atom stereocenters. The van der Waals surface area contributed by atoms with Gasteiger partial charge in [0, 0.05) is 23.6 Å². The molecule has 1 saturated carbocycles. The van der Waals surface area contributed by atoms with Gasteiger partial charge in [0.2, 0.25) is 0 Å². The lowest BCUT2D eigenvalue weighted by atomic mass is 9.64. The molecule has 2 unspecified atom stereocenters. The van der Waals surface area contributed by atoms with Gasteiger partial charge in [0.15, 0.2) is 0 Å². The van der Waals surface area contributed by atoms with Gasteiger partial charge in [0.05, 0.1) is 6.10 Å². The molecule has 1 aromatic rings. The lowest BCUT2D eigenvalue weighted by Crippen LogP contribution is -2.59. The van der Waals surface area contributed by atoms with Crippen LogP contribution in [0.15, 0.2) is 18.2 Å². The van der Waals surface area contributed by atoms with E-state index < -0.39 is 0 Å². The summed E-state index contributed by atoms with van der Waals surface area (Å²) in [6, 6.07) is 5.41. The van der Waals surface area contributed by atoms with Crippen LogP contribution >= 0.6 is 0 Å². The summed E-state index contributed by atoms with van der Waals surface area (Å²) in [7, 11) is 0. The first-order valence-electron chi connectivity index (χ1n) is 6.07. The number of aryl methyl sites for hydroxylation is 1.